The fourth-order valence-electron chi connectivity index (χ4n) is 2.46. The second-order valence-electron chi connectivity index (χ2n) is 5.17. The first-order valence-electron chi connectivity index (χ1n) is 7.59. The molecule has 0 amide bonds. The second-order valence-corrected chi connectivity index (χ2v) is 6.11. The molecule has 1 aliphatic rings. The monoisotopic (exact) mass is 279 g/mol. The maximum absolute atomic E-state index is 3.52. The summed E-state index contributed by atoms with van der Waals surface area (Å²) in [5, 5.41) is 4.02. The molecule has 1 nitrogen and oxygen atoms in total. The molecule has 1 unspecified atom stereocenters. The molecule has 0 fully saturated rings. The van der Waals surface area contributed by atoms with Gasteiger partial charge >= 0.3 is 0 Å². The average molecular weight is 279 g/mol. The van der Waals surface area contributed by atoms with Gasteiger partial charge in [-0.05, 0) is 36.3 Å². The summed E-state index contributed by atoms with van der Waals surface area (Å²) in [6.45, 7) is 7.79. The van der Waals surface area contributed by atoms with Gasteiger partial charge in [-0.2, -0.15) is 0 Å². The predicted octanol–water partition coefficient (Wildman–Crippen LogP) is 5.09. The maximum atomic E-state index is 3.52. The minimum absolute atomic E-state index is 0.503. The van der Waals surface area contributed by atoms with Gasteiger partial charge in [0.1, 0.15) is 0 Å². The maximum Gasteiger partial charge on any atom is 0.0789 e. The molecule has 0 aliphatic carbocycles. The number of rotatable bonds is 4. The summed E-state index contributed by atoms with van der Waals surface area (Å²) in [4.78, 5) is 0. The van der Waals surface area contributed by atoms with Gasteiger partial charge in [-0.3, -0.25) is 0 Å². The first-order chi connectivity index (χ1) is 9.24. The van der Waals surface area contributed by atoms with Crippen LogP contribution >= 0.6 is 11.8 Å². The SMILES string of the molecule is CCCCCC.CSC1NCCc2c(C)cccc21. The van der Waals surface area contributed by atoms with E-state index in [0.717, 1.165) is 6.54 Å². The smallest absolute Gasteiger partial charge is 0.0789 e. The average Bonchev–Trinajstić information content (AvgIpc) is 2.45. The van der Waals surface area contributed by atoms with E-state index in [9.17, 15) is 0 Å². The third-order valence-electron chi connectivity index (χ3n) is 3.63. The van der Waals surface area contributed by atoms with Crippen LogP contribution in [0.1, 0.15) is 61.6 Å². The molecule has 1 aromatic rings. The van der Waals surface area contributed by atoms with E-state index in [0.29, 0.717) is 5.37 Å². The van der Waals surface area contributed by atoms with E-state index < -0.39 is 0 Å². The van der Waals surface area contributed by atoms with Crippen LogP contribution in [0.15, 0.2) is 18.2 Å². The van der Waals surface area contributed by atoms with Crippen molar-refractivity contribution in [2.24, 2.45) is 0 Å². The van der Waals surface area contributed by atoms with Gasteiger partial charge < -0.3 is 5.32 Å². The number of hydrogen-bond acceptors (Lipinski definition) is 2. The van der Waals surface area contributed by atoms with E-state index in [-0.39, 0.29) is 0 Å². The molecule has 108 valence electrons. The van der Waals surface area contributed by atoms with Crippen LogP contribution in [0.3, 0.4) is 0 Å². The minimum atomic E-state index is 0.503. The lowest BCUT2D eigenvalue weighted by Crippen LogP contribution is -2.28. The van der Waals surface area contributed by atoms with E-state index in [1.807, 2.05) is 11.8 Å². The summed E-state index contributed by atoms with van der Waals surface area (Å²) in [5.41, 5.74) is 4.48. The Labute approximate surface area is 123 Å². The number of hydrogen-bond donors (Lipinski definition) is 1. The first-order valence-corrected chi connectivity index (χ1v) is 8.87. The third-order valence-corrected chi connectivity index (χ3v) is 4.52. The standard InChI is InChI=1S/C11H15NS.C6H14/c1-8-4-3-5-10-9(8)6-7-12-11(10)13-2;1-3-5-6-4-2/h3-5,11-12H,6-7H2,1-2H3;3-6H2,1-2H3. The molecule has 0 saturated heterocycles. The van der Waals surface area contributed by atoms with Gasteiger partial charge in [0.2, 0.25) is 0 Å². The Morgan fingerprint density at radius 1 is 1.21 bits per heavy atom. The molecule has 1 aliphatic heterocycles. The Balaban J connectivity index is 0.000000258. The number of fused-ring (bicyclic) bond motifs is 1. The molecule has 0 saturated carbocycles. The zero-order valence-electron chi connectivity index (χ0n) is 13.0. The van der Waals surface area contributed by atoms with E-state index in [4.69, 9.17) is 0 Å². The minimum Gasteiger partial charge on any atom is -0.301 e. The number of nitrogens with one attached hydrogen (secondary N) is 1. The highest BCUT2D eigenvalue weighted by molar-refractivity contribution is 7.98. The summed E-state index contributed by atoms with van der Waals surface area (Å²) < 4.78 is 0. The largest absolute Gasteiger partial charge is 0.301 e. The molecular weight excluding hydrogens is 250 g/mol. The lowest BCUT2D eigenvalue weighted by atomic mass is 9.96. The number of aryl methyl sites for hydroxylation is 1. The van der Waals surface area contributed by atoms with Crippen molar-refractivity contribution >= 4 is 11.8 Å². The lowest BCUT2D eigenvalue weighted by Gasteiger charge is -2.26. The number of thioether (sulfide) groups is 1. The topological polar surface area (TPSA) is 12.0 Å². The van der Waals surface area contributed by atoms with Crippen molar-refractivity contribution in [2.75, 3.05) is 12.8 Å². The van der Waals surface area contributed by atoms with Crippen LogP contribution in [0, 0.1) is 6.92 Å². The fraction of sp³-hybridized carbons (Fsp3) is 0.647. The van der Waals surface area contributed by atoms with Crippen molar-refractivity contribution in [1.29, 1.82) is 0 Å². The van der Waals surface area contributed by atoms with Gasteiger partial charge in [-0.15, -0.1) is 11.8 Å². The molecule has 1 aromatic carbocycles. The van der Waals surface area contributed by atoms with Crippen molar-refractivity contribution in [3.8, 4) is 0 Å². The Morgan fingerprint density at radius 2 is 1.89 bits per heavy atom. The molecule has 0 bridgehead atoms. The van der Waals surface area contributed by atoms with Gasteiger partial charge in [0.25, 0.3) is 0 Å². The normalized spacial score (nSPS) is 17.4. The van der Waals surface area contributed by atoms with Crippen molar-refractivity contribution in [1.82, 2.24) is 5.32 Å². The highest BCUT2D eigenvalue weighted by Crippen LogP contribution is 2.31. The Hall–Kier alpha value is -0.470. The third kappa shape index (κ3) is 5.19. The first kappa shape index (κ1) is 16.6. The molecule has 1 heterocycles. The van der Waals surface area contributed by atoms with Crippen LogP contribution in [-0.2, 0) is 6.42 Å². The van der Waals surface area contributed by atoms with Gasteiger partial charge in [0, 0.05) is 6.54 Å². The van der Waals surface area contributed by atoms with Crippen LogP contribution in [-0.4, -0.2) is 12.8 Å². The molecular formula is C17H29NS. The molecule has 2 heteroatoms. The predicted molar refractivity (Wildman–Crippen MR) is 89.0 cm³/mol. The van der Waals surface area contributed by atoms with Crippen molar-refractivity contribution in [3.05, 3.63) is 34.9 Å². The number of unbranched alkanes of at least 4 members (excludes halogenated alkanes) is 3. The quantitative estimate of drug-likeness (QED) is 0.771. The van der Waals surface area contributed by atoms with Crippen molar-refractivity contribution in [2.45, 2.75) is 58.2 Å². The Bertz CT molecular complexity index is 358. The van der Waals surface area contributed by atoms with E-state index >= 15 is 0 Å². The summed E-state index contributed by atoms with van der Waals surface area (Å²) in [6, 6.07) is 6.61. The molecule has 0 radical (unpaired) electrons. The summed E-state index contributed by atoms with van der Waals surface area (Å²) in [7, 11) is 0. The molecule has 0 aromatic heterocycles. The van der Waals surface area contributed by atoms with Crippen LogP contribution in [0.5, 0.6) is 0 Å². The van der Waals surface area contributed by atoms with Gasteiger partial charge in [0.15, 0.2) is 0 Å². The lowest BCUT2D eigenvalue weighted by molar-refractivity contribution is 0.629. The zero-order chi connectivity index (χ0) is 14.1. The Kier molecular flexibility index (Phi) is 8.24. The van der Waals surface area contributed by atoms with E-state index in [2.05, 4.69) is 50.5 Å². The van der Waals surface area contributed by atoms with Crippen molar-refractivity contribution in [3.63, 3.8) is 0 Å². The van der Waals surface area contributed by atoms with Gasteiger partial charge in [-0.1, -0.05) is 57.7 Å². The van der Waals surface area contributed by atoms with Crippen LogP contribution < -0.4 is 5.32 Å². The molecule has 2 rings (SSSR count). The van der Waals surface area contributed by atoms with Crippen LogP contribution in [0.2, 0.25) is 0 Å². The second kappa shape index (κ2) is 9.44. The summed E-state index contributed by atoms with van der Waals surface area (Å²) in [5.74, 6) is 0. The molecule has 19 heavy (non-hydrogen) atoms. The molecule has 1 atom stereocenters. The molecule has 0 spiro atoms. The fourth-order valence-corrected chi connectivity index (χ4v) is 3.22. The number of benzene rings is 1. The Morgan fingerprint density at radius 3 is 2.47 bits per heavy atom. The van der Waals surface area contributed by atoms with Crippen LogP contribution in [0.4, 0.5) is 0 Å². The highest BCUT2D eigenvalue weighted by Gasteiger charge is 2.18. The van der Waals surface area contributed by atoms with E-state index in [1.165, 1.54) is 43.2 Å². The molecule has 1 N–H and O–H groups in total. The van der Waals surface area contributed by atoms with Gasteiger partial charge in [-0.25, -0.2) is 0 Å². The van der Waals surface area contributed by atoms with Crippen LogP contribution in [0.25, 0.3) is 0 Å². The summed E-state index contributed by atoms with van der Waals surface area (Å²) in [6.07, 6.45) is 8.88. The highest BCUT2D eigenvalue weighted by atomic mass is 32.2. The van der Waals surface area contributed by atoms with Gasteiger partial charge in [0.05, 0.1) is 5.37 Å². The summed E-state index contributed by atoms with van der Waals surface area (Å²) >= 11 is 1.89. The zero-order valence-corrected chi connectivity index (χ0v) is 13.8. The van der Waals surface area contributed by atoms with Crippen molar-refractivity contribution < 1.29 is 0 Å². The van der Waals surface area contributed by atoms with E-state index in [1.54, 1.807) is 5.56 Å².